The summed E-state index contributed by atoms with van der Waals surface area (Å²) in [6.07, 6.45) is 5.37. The first-order valence-electron chi connectivity index (χ1n) is 10.5. The molecule has 2 amide bonds. The number of nitrogens with zero attached hydrogens (tertiary/aromatic N) is 5. The average molecular weight is 471 g/mol. The van der Waals surface area contributed by atoms with E-state index in [0.717, 1.165) is 42.3 Å². The molecule has 4 heterocycles. The number of aromatic nitrogens is 4. The summed E-state index contributed by atoms with van der Waals surface area (Å²) in [5.41, 5.74) is 2.80. The molecule has 1 aliphatic rings. The van der Waals surface area contributed by atoms with E-state index in [1.807, 2.05) is 37.1 Å². The Hall–Kier alpha value is -2.72. The molecule has 3 aromatic heterocycles. The molecule has 1 saturated heterocycles. The fraction of sp³-hybridized carbons (Fsp3) is 0.409. The highest BCUT2D eigenvalue weighted by atomic mass is 32.2. The molecule has 168 valence electrons. The Morgan fingerprint density at radius 3 is 2.75 bits per heavy atom. The normalized spacial score (nSPS) is 14.5. The zero-order valence-corrected chi connectivity index (χ0v) is 20.0. The number of piperidine rings is 1. The van der Waals surface area contributed by atoms with E-state index in [4.69, 9.17) is 0 Å². The topological polar surface area (TPSA) is 93.0 Å². The van der Waals surface area contributed by atoms with Gasteiger partial charge in [0.05, 0.1) is 22.1 Å². The molecule has 10 heteroatoms. The van der Waals surface area contributed by atoms with Crippen LogP contribution in [0, 0.1) is 13.8 Å². The number of pyridine rings is 1. The molecule has 1 aliphatic heterocycles. The summed E-state index contributed by atoms with van der Waals surface area (Å²) in [7, 11) is 0. The lowest BCUT2D eigenvalue weighted by Crippen LogP contribution is -2.38. The zero-order valence-electron chi connectivity index (χ0n) is 18.4. The second-order valence-corrected chi connectivity index (χ2v) is 9.58. The molecule has 0 atom stereocenters. The van der Waals surface area contributed by atoms with Gasteiger partial charge < -0.3 is 10.2 Å². The Labute approximate surface area is 195 Å². The van der Waals surface area contributed by atoms with Crippen molar-refractivity contribution in [1.82, 2.24) is 24.6 Å². The van der Waals surface area contributed by atoms with Gasteiger partial charge in [-0.3, -0.25) is 9.59 Å². The third-order valence-corrected chi connectivity index (χ3v) is 7.01. The van der Waals surface area contributed by atoms with E-state index in [1.54, 1.807) is 34.1 Å². The van der Waals surface area contributed by atoms with E-state index in [2.05, 4.69) is 20.4 Å². The van der Waals surface area contributed by atoms with Gasteiger partial charge in [-0.05, 0) is 51.1 Å². The number of hydrogen-bond donors (Lipinski definition) is 1. The quantitative estimate of drug-likeness (QED) is 0.591. The van der Waals surface area contributed by atoms with Gasteiger partial charge in [0.25, 0.3) is 5.91 Å². The SMILES string of the molecule is CSCC(=O)N1CCC(c2nc(C(=O)Nc3cccnc3-n3nc(C)cc3C)cs2)CC1. The lowest BCUT2D eigenvalue weighted by atomic mass is 9.97. The van der Waals surface area contributed by atoms with Crippen LogP contribution in [0.1, 0.15) is 45.6 Å². The molecule has 1 fully saturated rings. The number of aryl methyl sites for hydroxylation is 2. The standard InChI is InChI=1S/C22H26N6O2S2/c1-14-11-15(2)28(26-14)20-17(5-4-8-23-20)24-21(30)18-12-32-22(25-18)16-6-9-27(10-7-16)19(29)13-31-3/h4-5,8,11-12,16H,6-7,9-10,13H2,1-3H3,(H,24,30). The van der Waals surface area contributed by atoms with E-state index >= 15 is 0 Å². The van der Waals surface area contributed by atoms with Crippen molar-refractivity contribution in [3.63, 3.8) is 0 Å². The molecule has 0 unspecified atom stereocenters. The predicted molar refractivity (Wildman–Crippen MR) is 128 cm³/mol. The van der Waals surface area contributed by atoms with Crippen molar-refractivity contribution >= 4 is 40.6 Å². The number of hydrogen-bond acceptors (Lipinski definition) is 7. The van der Waals surface area contributed by atoms with E-state index in [-0.39, 0.29) is 17.7 Å². The van der Waals surface area contributed by atoms with Gasteiger partial charge in [-0.2, -0.15) is 16.9 Å². The molecular formula is C22H26N6O2S2. The van der Waals surface area contributed by atoms with Crippen LogP contribution in [0.25, 0.3) is 5.82 Å². The summed E-state index contributed by atoms with van der Waals surface area (Å²) < 4.78 is 1.73. The number of rotatable bonds is 6. The minimum atomic E-state index is -0.268. The van der Waals surface area contributed by atoms with Crippen LogP contribution in [0.3, 0.4) is 0 Å². The summed E-state index contributed by atoms with van der Waals surface area (Å²) in [6.45, 7) is 5.36. The highest BCUT2D eigenvalue weighted by molar-refractivity contribution is 7.99. The van der Waals surface area contributed by atoms with Gasteiger partial charge in [-0.15, -0.1) is 11.3 Å². The molecule has 0 bridgehead atoms. The predicted octanol–water partition coefficient (Wildman–Crippen LogP) is 3.66. The maximum atomic E-state index is 12.9. The van der Waals surface area contributed by atoms with Gasteiger partial charge in [0.1, 0.15) is 5.69 Å². The van der Waals surface area contributed by atoms with Gasteiger partial charge in [-0.1, -0.05) is 0 Å². The van der Waals surface area contributed by atoms with Gasteiger partial charge >= 0.3 is 0 Å². The Morgan fingerprint density at radius 2 is 2.06 bits per heavy atom. The summed E-state index contributed by atoms with van der Waals surface area (Å²) in [5, 5.41) is 10.2. The number of nitrogens with one attached hydrogen (secondary N) is 1. The Morgan fingerprint density at radius 1 is 1.28 bits per heavy atom. The number of likely N-dealkylation sites (tertiary alicyclic amines) is 1. The van der Waals surface area contributed by atoms with Crippen LogP contribution in [-0.4, -0.2) is 61.6 Å². The van der Waals surface area contributed by atoms with Crippen molar-refractivity contribution in [2.45, 2.75) is 32.6 Å². The number of thiazole rings is 1. The van der Waals surface area contributed by atoms with E-state index in [0.29, 0.717) is 23.0 Å². The molecule has 0 saturated carbocycles. The van der Waals surface area contributed by atoms with Crippen LogP contribution >= 0.6 is 23.1 Å². The minimum Gasteiger partial charge on any atom is -0.342 e. The number of carbonyl (C=O) groups excluding carboxylic acids is 2. The van der Waals surface area contributed by atoms with Crippen LogP contribution in [0.2, 0.25) is 0 Å². The van der Waals surface area contributed by atoms with Crippen molar-refractivity contribution in [2.75, 3.05) is 30.4 Å². The second-order valence-electron chi connectivity index (χ2n) is 7.83. The number of amides is 2. The van der Waals surface area contributed by atoms with E-state index in [9.17, 15) is 9.59 Å². The van der Waals surface area contributed by atoms with Gasteiger partial charge in [0.2, 0.25) is 5.91 Å². The molecule has 3 aromatic rings. The monoisotopic (exact) mass is 470 g/mol. The Bertz CT molecular complexity index is 1120. The fourth-order valence-corrected chi connectivity index (χ4v) is 5.26. The van der Waals surface area contributed by atoms with Crippen LogP contribution in [-0.2, 0) is 4.79 Å². The van der Waals surface area contributed by atoms with Gasteiger partial charge in [0, 0.05) is 36.3 Å². The number of anilines is 1. The molecule has 0 aromatic carbocycles. The first-order valence-corrected chi connectivity index (χ1v) is 12.8. The van der Waals surface area contributed by atoms with Crippen LogP contribution in [0.15, 0.2) is 29.8 Å². The number of carbonyl (C=O) groups is 2. The molecule has 32 heavy (non-hydrogen) atoms. The van der Waals surface area contributed by atoms with Crippen molar-refractivity contribution in [3.8, 4) is 5.82 Å². The largest absolute Gasteiger partial charge is 0.342 e. The third kappa shape index (κ3) is 4.86. The Balaban J connectivity index is 1.44. The smallest absolute Gasteiger partial charge is 0.275 e. The minimum absolute atomic E-state index is 0.199. The molecule has 8 nitrogen and oxygen atoms in total. The van der Waals surface area contributed by atoms with Gasteiger partial charge in [0.15, 0.2) is 5.82 Å². The highest BCUT2D eigenvalue weighted by Crippen LogP contribution is 2.31. The lowest BCUT2D eigenvalue weighted by molar-refractivity contribution is -0.129. The fourth-order valence-electron chi connectivity index (χ4n) is 3.86. The van der Waals surface area contributed by atoms with E-state index < -0.39 is 0 Å². The lowest BCUT2D eigenvalue weighted by Gasteiger charge is -2.31. The maximum Gasteiger partial charge on any atom is 0.275 e. The molecular weight excluding hydrogens is 444 g/mol. The second kappa shape index (κ2) is 9.83. The summed E-state index contributed by atoms with van der Waals surface area (Å²) >= 11 is 3.06. The van der Waals surface area contributed by atoms with Crippen LogP contribution in [0.5, 0.6) is 0 Å². The van der Waals surface area contributed by atoms with Crippen LogP contribution in [0.4, 0.5) is 5.69 Å². The highest BCUT2D eigenvalue weighted by Gasteiger charge is 2.26. The summed E-state index contributed by atoms with van der Waals surface area (Å²) in [5.74, 6) is 1.31. The van der Waals surface area contributed by atoms with Crippen molar-refractivity contribution in [1.29, 1.82) is 0 Å². The van der Waals surface area contributed by atoms with Crippen molar-refractivity contribution in [2.24, 2.45) is 0 Å². The number of thioether (sulfide) groups is 1. The average Bonchev–Trinajstić information content (AvgIpc) is 3.41. The molecule has 0 aliphatic carbocycles. The van der Waals surface area contributed by atoms with Gasteiger partial charge in [-0.25, -0.2) is 14.6 Å². The van der Waals surface area contributed by atoms with Crippen LogP contribution < -0.4 is 5.32 Å². The molecule has 0 spiro atoms. The van der Waals surface area contributed by atoms with Crippen molar-refractivity contribution in [3.05, 3.63) is 51.9 Å². The Kier molecular flexibility index (Phi) is 6.90. The van der Waals surface area contributed by atoms with E-state index in [1.165, 1.54) is 11.3 Å². The molecule has 0 radical (unpaired) electrons. The first-order chi connectivity index (χ1) is 15.5. The molecule has 4 rings (SSSR count). The first kappa shape index (κ1) is 22.5. The maximum absolute atomic E-state index is 12.9. The summed E-state index contributed by atoms with van der Waals surface area (Å²) in [4.78, 5) is 36.0. The summed E-state index contributed by atoms with van der Waals surface area (Å²) in [6, 6.07) is 5.56. The zero-order chi connectivity index (χ0) is 22.7. The molecule has 1 N–H and O–H groups in total. The van der Waals surface area contributed by atoms with Crippen molar-refractivity contribution < 1.29 is 9.59 Å². The third-order valence-electron chi connectivity index (χ3n) is 5.46.